The predicted octanol–water partition coefficient (Wildman–Crippen LogP) is 0.516. The van der Waals surface area contributed by atoms with Gasteiger partial charge in [-0.25, -0.2) is 0 Å². The highest BCUT2D eigenvalue weighted by Gasteiger charge is 2.34. The minimum Gasteiger partial charge on any atom is -0.389 e. The van der Waals surface area contributed by atoms with E-state index >= 15 is 0 Å². The average Bonchev–Trinajstić information content (AvgIpc) is 2.65. The molecule has 2 aliphatic rings. The van der Waals surface area contributed by atoms with Crippen LogP contribution in [0.4, 0.5) is 0 Å². The van der Waals surface area contributed by atoms with Gasteiger partial charge in [0.2, 0.25) is 0 Å². The molecule has 0 aromatic rings. The summed E-state index contributed by atoms with van der Waals surface area (Å²) >= 11 is 0. The second-order valence-electron chi connectivity index (χ2n) is 4.66. The van der Waals surface area contributed by atoms with Crippen molar-refractivity contribution in [2.24, 2.45) is 0 Å². The molecule has 1 unspecified atom stereocenters. The van der Waals surface area contributed by atoms with Crippen LogP contribution in [0.15, 0.2) is 0 Å². The Kier molecular flexibility index (Phi) is 3.25. The molecule has 1 saturated heterocycles. The van der Waals surface area contributed by atoms with Gasteiger partial charge in [0.25, 0.3) is 0 Å². The first-order valence-electron chi connectivity index (χ1n) is 5.68. The molecular weight excluding hydrogens is 192 g/mol. The van der Waals surface area contributed by atoms with Gasteiger partial charge < -0.3 is 9.84 Å². The molecule has 84 valence electrons. The van der Waals surface area contributed by atoms with Gasteiger partial charge in [0.1, 0.15) is 0 Å². The number of β-amino-alcohol motifs (C(OH)–C–C–N with tert-alkyl or cyclic N) is 1. The quantitative estimate of drug-likeness (QED) is 0.721. The fourth-order valence-electron chi connectivity index (χ4n) is 2.53. The average molecular weight is 210 g/mol. The van der Waals surface area contributed by atoms with Gasteiger partial charge in [0.05, 0.1) is 18.3 Å². The Hall–Kier alpha value is -0.630. The lowest BCUT2D eigenvalue weighted by atomic mass is 10.0. The summed E-state index contributed by atoms with van der Waals surface area (Å²) in [6.45, 7) is 2.78. The number of rotatable bonds is 2. The summed E-state index contributed by atoms with van der Waals surface area (Å²) in [7, 11) is 0. The van der Waals surface area contributed by atoms with Gasteiger partial charge >= 0.3 is 0 Å². The number of nitriles is 1. The zero-order chi connectivity index (χ0) is 10.7. The minimum atomic E-state index is -0.503. The van der Waals surface area contributed by atoms with Crippen LogP contribution in [0.2, 0.25) is 0 Å². The van der Waals surface area contributed by atoms with E-state index in [2.05, 4.69) is 11.0 Å². The molecule has 1 heterocycles. The third kappa shape index (κ3) is 2.69. The van der Waals surface area contributed by atoms with Crippen molar-refractivity contribution in [1.82, 2.24) is 4.90 Å². The highest BCUT2D eigenvalue weighted by atomic mass is 16.5. The second-order valence-corrected chi connectivity index (χ2v) is 4.66. The van der Waals surface area contributed by atoms with Crippen molar-refractivity contribution in [1.29, 1.82) is 5.26 Å². The van der Waals surface area contributed by atoms with Crippen LogP contribution in [0, 0.1) is 11.3 Å². The van der Waals surface area contributed by atoms with E-state index < -0.39 is 5.60 Å². The normalized spacial score (nSPS) is 31.3. The van der Waals surface area contributed by atoms with E-state index in [0.717, 1.165) is 32.2 Å². The zero-order valence-electron chi connectivity index (χ0n) is 8.98. The minimum absolute atomic E-state index is 0.316. The molecule has 0 aromatic carbocycles. The summed E-state index contributed by atoms with van der Waals surface area (Å²) in [5.74, 6) is 0. The Bertz CT molecular complexity index is 256. The van der Waals surface area contributed by atoms with Crippen LogP contribution in [-0.4, -0.2) is 48.0 Å². The Morgan fingerprint density at radius 1 is 1.47 bits per heavy atom. The van der Waals surface area contributed by atoms with Crippen molar-refractivity contribution in [2.75, 3.05) is 26.2 Å². The van der Waals surface area contributed by atoms with Gasteiger partial charge in [-0.1, -0.05) is 12.8 Å². The van der Waals surface area contributed by atoms with Crippen molar-refractivity contribution >= 4 is 0 Å². The zero-order valence-corrected chi connectivity index (χ0v) is 8.98. The SMILES string of the molecule is N#CC1CN(CC2(O)CCCC2)CCO1. The summed E-state index contributed by atoms with van der Waals surface area (Å²) in [6.07, 6.45) is 3.75. The monoisotopic (exact) mass is 210 g/mol. The molecular formula is C11H18N2O2. The van der Waals surface area contributed by atoms with Crippen LogP contribution >= 0.6 is 0 Å². The predicted molar refractivity (Wildman–Crippen MR) is 55.2 cm³/mol. The Balaban J connectivity index is 1.86. The number of ether oxygens (including phenoxy) is 1. The third-order valence-electron chi connectivity index (χ3n) is 3.35. The fraction of sp³-hybridized carbons (Fsp3) is 0.909. The van der Waals surface area contributed by atoms with Crippen LogP contribution in [0.1, 0.15) is 25.7 Å². The highest BCUT2D eigenvalue weighted by molar-refractivity contribution is 4.93. The lowest BCUT2D eigenvalue weighted by Gasteiger charge is -2.35. The topological polar surface area (TPSA) is 56.5 Å². The molecule has 2 fully saturated rings. The van der Waals surface area contributed by atoms with Crippen LogP contribution < -0.4 is 0 Å². The molecule has 1 N–H and O–H groups in total. The summed E-state index contributed by atoms with van der Waals surface area (Å²) < 4.78 is 5.27. The van der Waals surface area contributed by atoms with Crippen molar-refractivity contribution in [3.63, 3.8) is 0 Å². The number of hydrogen-bond donors (Lipinski definition) is 1. The number of morpholine rings is 1. The van der Waals surface area contributed by atoms with Crippen LogP contribution in [0.5, 0.6) is 0 Å². The molecule has 1 aliphatic heterocycles. The standard InChI is InChI=1S/C11H18N2O2/c12-7-10-8-13(5-6-15-10)9-11(14)3-1-2-4-11/h10,14H,1-6,8-9H2. The summed E-state index contributed by atoms with van der Waals surface area (Å²) in [4.78, 5) is 2.16. The maximum atomic E-state index is 10.2. The summed E-state index contributed by atoms with van der Waals surface area (Å²) in [5, 5.41) is 19.0. The molecule has 0 aromatic heterocycles. The number of aliphatic hydroxyl groups is 1. The van der Waals surface area contributed by atoms with Crippen molar-refractivity contribution in [2.45, 2.75) is 37.4 Å². The van der Waals surface area contributed by atoms with Gasteiger partial charge in [-0.3, -0.25) is 4.90 Å². The first kappa shape index (κ1) is 10.9. The molecule has 15 heavy (non-hydrogen) atoms. The molecule has 0 radical (unpaired) electrons. The van der Waals surface area contributed by atoms with Crippen molar-refractivity contribution in [3.05, 3.63) is 0 Å². The molecule has 1 atom stereocenters. The van der Waals surface area contributed by atoms with Crippen LogP contribution in [0.3, 0.4) is 0 Å². The first-order valence-corrected chi connectivity index (χ1v) is 5.68. The fourth-order valence-corrected chi connectivity index (χ4v) is 2.53. The van der Waals surface area contributed by atoms with Gasteiger partial charge in [0.15, 0.2) is 6.10 Å². The van der Waals surface area contributed by atoms with E-state index in [4.69, 9.17) is 10.00 Å². The molecule has 1 saturated carbocycles. The highest BCUT2D eigenvalue weighted by Crippen LogP contribution is 2.30. The molecule has 0 bridgehead atoms. The van der Waals surface area contributed by atoms with Crippen LogP contribution in [0.25, 0.3) is 0 Å². The molecule has 0 amide bonds. The Morgan fingerprint density at radius 2 is 2.20 bits per heavy atom. The van der Waals surface area contributed by atoms with E-state index in [1.165, 1.54) is 0 Å². The van der Waals surface area contributed by atoms with E-state index in [-0.39, 0.29) is 6.10 Å². The lowest BCUT2D eigenvalue weighted by molar-refractivity contribution is -0.0456. The Labute approximate surface area is 90.4 Å². The number of nitrogens with zero attached hydrogens (tertiary/aromatic N) is 2. The molecule has 2 rings (SSSR count). The smallest absolute Gasteiger partial charge is 0.156 e. The molecule has 4 nitrogen and oxygen atoms in total. The van der Waals surface area contributed by atoms with Gasteiger partial charge in [0, 0.05) is 19.6 Å². The van der Waals surface area contributed by atoms with E-state index in [9.17, 15) is 5.11 Å². The number of hydrogen-bond acceptors (Lipinski definition) is 4. The largest absolute Gasteiger partial charge is 0.389 e. The van der Waals surface area contributed by atoms with Crippen molar-refractivity contribution < 1.29 is 9.84 Å². The summed E-state index contributed by atoms with van der Waals surface area (Å²) in [6, 6.07) is 2.13. The summed E-state index contributed by atoms with van der Waals surface area (Å²) in [5.41, 5.74) is -0.503. The molecule has 0 spiro atoms. The third-order valence-corrected chi connectivity index (χ3v) is 3.35. The van der Waals surface area contributed by atoms with Crippen molar-refractivity contribution in [3.8, 4) is 6.07 Å². The molecule has 4 heteroatoms. The van der Waals surface area contributed by atoms with Gasteiger partial charge in [-0.15, -0.1) is 0 Å². The van der Waals surface area contributed by atoms with E-state index in [1.54, 1.807) is 0 Å². The van der Waals surface area contributed by atoms with E-state index in [1.807, 2.05) is 0 Å². The lowest BCUT2D eigenvalue weighted by Crippen LogP contribution is -2.48. The maximum absolute atomic E-state index is 10.2. The van der Waals surface area contributed by atoms with E-state index in [0.29, 0.717) is 19.7 Å². The second kappa shape index (κ2) is 4.48. The van der Waals surface area contributed by atoms with Crippen LogP contribution in [-0.2, 0) is 4.74 Å². The first-order chi connectivity index (χ1) is 7.22. The van der Waals surface area contributed by atoms with Gasteiger partial charge in [-0.05, 0) is 12.8 Å². The Morgan fingerprint density at radius 3 is 2.87 bits per heavy atom. The van der Waals surface area contributed by atoms with Gasteiger partial charge in [-0.2, -0.15) is 5.26 Å². The maximum Gasteiger partial charge on any atom is 0.156 e. The molecule has 1 aliphatic carbocycles.